The van der Waals surface area contributed by atoms with Crippen molar-refractivity contribution in [2.45, 2.75) is 25.1 Å². The van der Waals surface area contributed by atoms with Crippen LogP contribution in [0.3, 0.4) is 0 Å². The van der Waals surface area contributed by atoms with Crippen molar-refractivity contribution < 1.29 is 18.0 Å². The van der Waals surface area contributed by atoms with Gasteiger partial charge in [-0.2, -0.15) is 13.2 Å². The van der Waals surface area contributed by atoms with Gasteiger partial charge in [-0.05, 0) is 49.7 Å². The van der Waals surface area contributed by atoms with Gasteiger partial charge in [0, 0.05) is 5.56 Å². The van der Waals surface area contributed by atoms with Crippen molar-refractivity contribution in [1.82, 2.24) is 10.2 Å². The van der Waals surface area contributed by atoms with Gasteiger partial charge in [-0.15, -0.1) is 0 Å². The molecule has 0 aliphatic carbocycles. The number of benzene rings is 2. The molecule has 2 aromatic carbocycles. The Balaban J connectivity index is 1.65. The third-order valence-electron chi connectivity index (χ3n) is 4.64. The van der Waals surface area contributed by atoms with Gasteiger partial charge in [0.2, 0.25) is 5.91 Å². The monoisotopic (exact) mass is 386 g/mol. The third kappa shape index (κ3) is 5.14. The first-order valence-corrected chi connectivity index (χ1v) is 9.18. The van der Waals surface area contributed by atoms with E-state index in [0.717, 1.165) is 43.6 Å². The normalized spacial score (nSPS) is 15.5. The molecule has 146 valence electrons. The topological polar surface area (TPSA) is 32.3 Å². The summed E-state index contributed by atoms with van der Waals surface area (Å²) in [6.45, 7) is 1.80. The lowest BCUT2D eigenvalue weighted by Crippen LogP contribution is -2.39. The molecule has 0 aromatic heterocycles. The summed E-state index contributed by atoms with van der Waals surface area (Å²) in [6.07, 6.45) is -2.28. The average Bonchev–Trinajstić information content (AvgIpc) is 3.20. The molecule has 2 aromatic rings. The molecule has 1 heterocycles. The Bertz CT molecular complexity index is 863. The smallest absolute Gasteiger partial charge is 0.343 e. The van der Waals surface area contributed by atoms with Crippen LogP contribution in [-0.4, -0.2) is 30.4 Å². The molecule has 3 rings (SSSR count). The summed E-state index contributed by atoms with van der Waals surface area (Å²) in [5, 5.41) is 2.80. The van der Waals surface area contributed by atoms with E-state index >= 15 is 0 Å². The highest BCUT2D eigenvalue weighted by Gasteiger charge is 2.30. The van der Waals surface area contributed by atoms with E-state index in [0.29, 0.717) is 0 Å². The van der Waals surface area contributed by atoms with Gasteiger partial charge in [0.25, 0.3) is 0 Å². The molecule has 0 radical (unpaired) electrons. The molecule has 3 nitrogen and oxygen atoms in total. The lowest BCUT2D eigenvalue weighted by molar-refractivity contribution is -0.137. The van der Waals surface area contributed by atoms with E-state index in [1.54, 1.807) is 0 Å². The second-order valence-electron chi connectivity index (χ2n) is 6.65. The Hall–Kier alpha value is -2.78. The molecule has 1 atom stereocenters. The van der Waals surface area contributed by atoms with Gasteiger partial charge in [-0.1, -0.05) is 48.2 Å². The fourth-order valence-corrected chi connectivity index (χ4v) is 3.31. The van der Waals surface area contributed by atoms with Crippen molar-refractivity contribution in [3.05, 3.63) is 71.3 Å². The van der Waals surface area contributed by atoms with Crippen molar-refractivity contribution in [3.63, 3.8) is 0 Å². The number of halogens is 3. The van der Waals surface area contributed by atoms with Gasteiger partial charge in [0.05, 0.1) is 12.1 Å². The van der Waals surface area contributed by atoms with Crippen LogP contribution in [-0.2, 0) is 11.0 Å². The van der Waals surface area contributed by atoms with E-state index in [1.807, 2.05) is 30.3 Å². The Morgan fingerprint density at radius 2 is 1.79 bits per heavy atom. The van der Waals surface area contributed by atoms with Crippen LogP contribution in [0.1, 0.15) is 35.6 Å². The van der Waals surface area contributed by atoms with Crippen LogP contribution in [0.25, 0.3) is 0 Å². The number of amides is 1. The van der Waals surface area contributed by atoms with Crippen LogP contribution < -0.4 is 5.32 Å². The van der Waals surface area contributed by atoms with Gasteiger partial charge < -0.3 is 5.32 Å². The number of carbonyl (C=O) groups is 1. The minimum absolute atomic E-state index is 0.0756. The summed E-state index contributed by atoms with van der Waals surface area (Å²) in [6, 6.07) is 14.0. The number of nitrogens with zero attached hydrogens (tertiary/aromatic N) is 1. The molecule has 1 N–H and O–H groups in total. The SMILES string of the molecule is O=C(NCC#Cc1cccc(C(F)(F)F)c1)C(c1ccccc1)N1CCCC1. The lowest BCUT2D eigenvalue weighted by Gasteiger charge is -2.26. The Kier molecular flexibility index (Phi) is 6.37. The number of hydrogen-bond acceptors (Lipinski definition) is 2. The maximum atomic E-state index is 12.8. The molecule has 28 heavy (non-hydrogen) atoms. The van der Waals surface area contributed by atoms with Gasteiger partial charge in [0.15, 0.2) is 0 Å². The highest BCUT2D eigenvalue weighted by molar-refractivity contribution is 5.83. The summed E-state index contributed by atoms with van der Waals surface area (Å²) < 4.78 is 38.3. The largest absolute Gasteiger partial charge is 0.416 e. The van der Waals surface area contributed by atoms with E-state index in [9.17, 15) is 18.0 Å². The van der Waals surface area contributed by atoms with Crippen LogP contribution in [0, 0.1) is 11.8 Å². The van der Waals surface area contributed by atoms with Gasteiger partial charge >= 0.3 is 6.18 Å². The molecule has 0 spiro atoms. The number of nitrogens with one attached hydrogen (secondary N) is 1. The molecule has 1 fully saturated rings. The number of hydrogen-bond donors (Lipinski definition) is 1. The summed E-state index contributed by atoms with van der Waals surface area (Å²) in [5.41, 5.74) is 0.456. The number of carbonyl (C=O) groups excluding carboxylic acids is 1. The average molecular weight is 386 g/mol. The van der Waals surface area contributed by atoms with Crippen molar-refractivity contribution in [1.29, 1.82) is 0 Å². The standard InChI is InChI=1S/C22H21F3N2O/c23-22(24,25)19-12-6-8-17(16-19)9-7-13-26-21(28)20(27-14-4-5-15-27)18-10-2-1-3-11-18/h1-3,6,8,10-12,16,20H,4-5,13-15H2,(H,26,28). The van der Waals surface area contributed by atoms with Crippen LogP contribution in [0.2, 0.25) is 0 Å². The molecule has 1 saturated heterocycles. The number of likely N-dealkylation sites (tertiary alicyclic amines) is 1. The van der Waals surface area contributed by atoms with Crippen molar-refractivity contribution >= 4 is 5.91 Å². The summed E-state index contributed by atoms with van der Waals surface area (Å²) >= 11 is 0. The number of rotatable bonds is 4. The zero-order valence-electron chi connectivity index (χ0n) is 15.3. The molecule has 1 aliphatic rings. The first kappa shape index (κ1) is 20.0. The predicted molar refractivity (Wildman–Crippen MR) is 101 cm³/mol. The Labute approximate surface area is 162 Å². The van der Waals surface area contributed by atoms with Crippen LogP contribution in [0.5, 0.6) is 0 Å². The summed E-state index contributed by atoms with van der Waals surface area (Å²) in [5.74, 6) is 5.28. The maximum absolute atomic E-state index is 12.8. The molecular formula is C22H21F3N2O. The van der Waals surface area contributed by atoms with Gasteiger partial charge in [-0.25, -0.2) is 0 Å². The van der Waals surface area contributed by atoms with E-state index < -0.39 is 11.7 Å². The molecular weight excluding hydrogens is 365 g/mol. The van der Waals surface area contributed by atoms with Gasteiger partial charge in [0.1, 0.15) is 6.04 Å². The quantitative estimate of drug-likeness (QED) is 0.806. The highest BCUT2D eigenvalue weighted by Crippen LogP contribution is 2.29. The van der Waals surface area contributed by atoms with E-state index in [2.05, 4.69) is 22.1 Å². The summed E-state index contributed by atoms with van der Waals surface area (Å²) in [7, 11) is 0. The number of alkyl halides is 3. The molecule has 0 saturated carbocycles. The van der Waals surface area contributed by atoms with Crippen molar-refractivity contribution in [2.75, 3.05) is 19.6 Å². The molecule has 1 amide bonds. The lowest BCUT2D eigenvalue weighted by atomic mass is 10.0. The van der Waals surface area contributed by atoms with Crippen LogP contribution >= 0.6 is 0 Å². The van der Waals surface area contributed by atoms with Crippen molar-refractivity contribution in [3.8, 4) is 11.8 Å². The zero-order valence-corrected chi connectivity index (χ0v) is 15.3. The summed E-state index contributed by atoms with van der Waals surface area (Å²) in [4.78, 5) is 14.9. The predicted octanol–water partition coefficient (Wildman–Crippen LogP) is 4.01. The van der Waals surface area contributed by atoms with E-state index in [1.165, 1.54) is 12.1 Å². The third-order valence-corrected chi connectivity index (χ3v) is 4.64. The fourth-order valence-electron chi connectivity index (χ4n) is 3.31. The maximum Gasteiger partial charge on any atom is 0.416 e. The molecule has 0 bridgehead atoms. The first-order chi connectivity index (χ1) is 13.4. The molecule has 1 aliphatic heterocycles. The Morgan fingerprint density at radius 1 is 1.07 bits per heavy atom. The minimum Gasteiger partial charge on any atom is -0.343 e. The minimum atomic E-state index is -4.40. The Morgan fingerprint density at radius 3 is 2.46 bits per heavy atom. The second-order valence-corrected chi connectivity index (χ2v) is 6.65. The molecule has 1 unspecified atom stereocenters. The fraction of sp³-hybridized carbons (Fsp3) is 0.318. The van der Waals surface area contributed by atoms with Crippen molar-refractivity contribution in [2.24, 2.45) is 0 Å². The second kappa shape index (κ2) is 8.94. The highest BCUT2D eigenvalue weighted by atomic mass is 19.4. The van der Waals surface area contributed by atoms with E-state index in [-0.39, 0.29) is 24.1 Å². The van der Waals surface area contributed by atoms with E-state index in [4.69, 9.17) is 0 Å². The van der Waals surface area contributed by atoms with Crippen LogP contribution in [0.4, 0.5) is 13.2 Å². The van der Waals surface area contributed by atoms with Gasteiger partial charge in [-0.3, -0.25) is 9.69 Å². The molecule has 6 heteroatoms. The zero-order chi connectivity index (χ0) is 20.0. The first-order valence-electron chi connectivity index (χ1n) is 9.18. The van der Waals surface area contributed by atoms with Crippen LogP contribution in [0.15, 0.2) is 54.6 Å².